The zero-order chi connectivity index (χ0) is 17.6. The number of hydrogen-bond acceptors (Lipinski definition) is 5. The van der Waals surface area contributed by atoms with E-state index in [4.69, 9.17) is 9.15 Å². The van der Waals surface area contributed by atoms with Crippen molar-refractivity contribution >= 4 is 17.6 Å². The van der Waals surface area contributed by atoms with E-state index < -0.39 is 5.97 Å². The molecule has 0 spiro atoms. The van der Waals surface area contributed by atoms with Gasteiger partial charge in [0.15, 0.2) is 0 Å². The van der Waals surface area contributed by atoms with Crippen molar-refractivity contribution in [2.24, 2.45) is 5.92 Å². The van der Waals surface area contributed by atoms with E-state index in [0.29, 0.717) is 18.3 Å². The van der Waals surface area contributed by atoms with Crippen LogP contribution in [0.15, 0.2) is 46.9 Å². The van der Waals surface area contributed by atoms with Crippen molar-refractivity contribution in [2.75, 3.05) is 24.6 Å². The van der Waals surface area contributed by atoms with Gasteiger partial charge in [-0.2, -0.15) is 0 Å². The van der Waals surface area contributed by atoms with E-state index >= 15 is 0 Å². The summed E-state index contributed by atoms with van der Waals surface area (Å²) in [6.45, 7) is 3.91. The van der Waals surface area contributed by atoms with Crippen LogP contribution in [0.4, 0.5) is 5.69 Å². The molecular weight excluding hydrogens is 320 g/mol. The van der Waals surface area contributed by atoms with E-state index in [1.54, 1.807) is 12.1 Å². The Bertz CT molecular complexity index is 726. The van der Waals surface area contributed by atoms with Crippen LogP contribution >= 0.6 is 0 Å². The van der Waals surface area contributed by atoms with Crippen LogP contribution in [0, 0.1) is 5.92 Å². The lowest BCUT2D eigenvalue weighted by molar-refractivity contribution is -0.119. The number of carbonyl (C=O) groups is 2. The van der Waals surface area contributed by atoms with Gasteiger partial charge in [0.05, 0.1) is 13.2 Å². The highest BCUT2D eigenvalue weighted by Gasteiger charge is 2.24. The Labute approximate surface area is 146 Å². The second kappa shape index (κ2) is 7.88. The van der Waals surface area contributed by atoms with Crippen LogP contribution in [0.2, 0.25) is 0 Å². The van der Waals surface area contributed by atoms with Crippen molar-refractivity contribution in [1.29, 1.82) is 0 Å². The van der Waals surface area contributed by atoms with Crippen molar-refractivity contribution in [3.63, 3.8) is 0 Å². The quantitative estimate of drug-likeness (QED) is 0.817. The third kappa shape index (κ3) is 4.62. The molecule has 2 aromatic rings. The summed E-state index contributed by atoms with van der Waals surface area (Å²) in [5, 5.41) is 2.62. The lowest BCUT2D eigenvalue weighted by atomic mass is 10.1. The van der Waals surface area contributed by atoms with Crippen molar-refractivity contribution < 1.29 is 18.7 Å². The summed E-state index contributed by atoms with van der Waals surface area (Å²) in [4.78, 5) is 25.3. The zero-order valence-corrected chi connectivity index (χ0v) is 14.2. The first kappa shape index (κ1) is 17.1. The van der Waals surface area contributed by atoms with E-state index in [0.717, 1.165) is 19.5 Å². The largest absolute Gasteiger partial charge is 0.459 e. The average molecular weight is 342 g/mol. The van der Waals surface area contributed by atoms with E-state index in [2.05, 4.69) is 22.3 Å². The molecule has 1 aliphatic rings. The third-order valence-electron chi connectivity index (χ3n) is 4.23. The van der Waals surface area contributed by atoms with Gasteiger partial charge in [0, 0.05) is 31.6 Å². The second-order valence-electron chi connectivity index (χ2n) is 6.21. The molecule has 1 unspecified atom stereocenters. The Kier molecular flexibility index (Phi) is 5.38. The fourth-order valence-corrected chi connectivity index (χ4v) is 2.90. The molecule has 2 heterocycles. The molecule has 132 valence electrons. The molecule has 0 aliphatic carbocycles. The lowest BCUT2D eigenvalue weighted by Gasteiger charge is -2.18. The number of nitrogens with zero attached hydrogens (tertiary/aromatic N) is 1. The van der Waals surface area contributed by atoms with Crippen molar-refractivity contribution in [3.05, 3.63) is 54.0 Å². The normalized spacial score (nSPS) is 16.7. The molecule has 6 heteroatoms. The fraction of sp³-hybridized carbons (Fsp3) is 0.368. The van der Waals surface area contributed by atoms with Crippen molar-refractivity contribution in [1.82, 2.24) is 5.32 Å². The number of hydrogen-bond donors (Lipinski definition) is 1. The Morgan fingerprint density at radius 2 is 2.04 bits per heavy atom. The molecule has 1 atom stereocenters. The maximum atomic E-state index is 12.1. The molecule has 1 N–H and O–H groups in total. The number of rotatable bonds is 6. The van der Waals surface area contributed by atoms with Gasteiger partial charge in [-0.25, -0.2) is 4.79 Å². The zero-order valence-electron chi connectivity index (χ0n) is 14.2. The van der Waals surface area contributed by atoms with Crippen LogP contribution < -0.4 is 10.2 Å². The number of esters is 1. The molecular formula is C19H22N2O4. The van der Waals surface area contributed by atoms with Gasteiger partial charge in [-0.15, -0.1) is 0 Å². The van der Waals surface area contributed by atoms with E-state index in [-0.39, 0.29) is 18.2 Å². The standard InChI is InChI=1S/C19H22N2O4/c1-14(22)20-11-17-7-8-18(25-17)19(23)24-13-15-9-10-21(12-15)16-5-3-2-4-6-16/h2-8,15H,9-13H2,1H3,(H,20,22). The van der Waals surface area contributed by atoms with Crippen LogP contribution in [0.5, 0.6) is 0 Å². The van der Waals surface area contributed by atoms with Crippen molar-refractivity contribution in [2.45, 2.75) is 19.9 Å². The molecule has 0 saturated carbocycles. The highest BCUT2D eigenvalue weighted by atomic mass is 16.5. The summed E-state index contributed by atoms with van der Waals surface area (Å²) in [5.74, 6) is 0.395. The molecule has 1 saturated heterocycles. The Morgan fingerprint density at radius 1 is 1.24 bits per heavy atom. The number of anilines is 1. The molecule has 1 aromatic heterocycles. The topological polar surface area (TPSA) is 71.8 Å². The molecule has 1 aromatic carbocycles. The highest BCUT2D eigenvalue weighted by molar-refractivity contribution is 5.86. The molecule has 25 heavy (non-hydrogen) atoms. The minimum atomic E-state index is -0.466. The first-order valence-electron chi connectivity index (χ1n) is 8.42. The Hall–Kier alpha value is -2.76. The van der Waals surface area contributed by atoms with Gasteiger partial charge in [-0.1, -0.05) is 18.2 Å². The second-order valence-corrected chi connectivity index (χ2v) is 6.21. The van der Waals surface area contributed by atoms with Crippen LogP contribution in [-0.2, 0) is 16.1 Å². The van der Waals surface area contributed by atoms with Crippen LogP contribution in [0.3, 0.4) is 0 Å². The molecule has 6 nitrogen and oxygen atoms in total. The summed E-state index contributed by atoms with van der Waals surface area (Å²) in [6, 6.07) is 13.5. The fourth-order valence-electron chi connectivity index (χ4n) is 2.90. The summed E-state index contributed by atoms with van der Waals surface area (Å²) < 4.78 is 10.8. The minimum absolute atomic E-state index is 0.148. The number of amides is 1. The van der Waals surface area contributed by atoms with E-state index in [1.165, 1.54) is 12.6 Å². The summed E-state index contributed by atoms with van der Waals surface area (Å²) in [6.07, 6.45) is 0.994. The summed E-state index contributed by atoms with van der Waals surface area (Å²) in [7, 11) is 0. The van der Waals surface area contributed by atoms with Gasteiger partial charge < -0.3 is 19.4 Å². The maximum Gasteiger partial charge on any atom is 0.374 e. The number of benzene rings is 1. The minimum Gasteiger partial charge on any atom is -0.459 e. The SMILES string of the molecule is CC(=O)NCc1ccc(C(=O)OCC2CCN(c3ccccc3)C2)o1. The lowest BCUT2D eigenvalue weighted by Crippen LogP contribution is -2.21. The van der Waals surface area contributed by atoms with Crippen LogP contribution in [-0.4, -0.2) is 31.6 Å². The van der Waals surface area contributed by atoms with Gasteiger partial charge in [0.1, 0.15) is 5.76 Å². The van der Waals surface area contributed by atoms with E-state index in [1.807, 2.05) is 18.2 Å². The number of furan rings is 1. The predicted octanol–water partition coefficient (Wildman–Crippen LogP) is 2.60. The number of carbonyl (C=O) groups excluding carboxylic acids is 2. The maximum absolute atomic E-state index is 12.1. The molecule has 1 amide bonds. The average Bonchev–Trinajstić information content (AvgIpc) is 3.28. The smallest absolute Gasteiger partial charge is 0.374 e. The first-order chi connectivity index (χ1) is 12.1. The van der Waals surface area contributed by atoms with Gasteiger partial charge >= 0.3 is 5.97 Å². The molecule has 0 radical (unpaired) electrons. The number of para-hydroxylation sites is 1. The molecule has 1 aliphatic heterocycles. The van der Waals surface area contributed by atoms with Gasteiger partial charge in [0.25, 0.3) is 0 Å². The molecule has 3 rings (SSSR count). The number of nitrogens with one attached hydrogen (secondary N) is 1. The third-order valence-corrected chi connectivity index (χ3v) is 4.23. The monoisotopic (exact) mass is 342 g/mol. The Morgan fingerprint density at radius 3 is 2.80 bits per heavy atom. The molecule has 0 bridgehead atoms. The van der Waals surface area contributed by atoms with Crippen LogP contribution in [0.1, 0.15) is 29.7 Å². The highest BCUT2D eigenvalue weighted by Crippen LogP contribution is 2.24. The van der Waals surface area contributed by atoms with Gasteiger partial charge in [-0.05, 0) is 30.7 Å². The predicted molar refractivity (Wildman–Crippen MR) is 93.3 cm³/mol. The van der Waals surface area contributed by atoms with Gasteiger partial charge in [-0.3, -0.25) is 4.79 Å². The number of ether oxygens (including phenoxy) is 1. The van der Waals surface area contributed by atoms with E-state index in [9.17, 15) is 9.59 Å². The Balaban J connectivity index is 1.46. The molecule has 1 fully saturated rings. The summed E-state index contributed by atoms with van der Waals surface area (Å²) >= 11 is 0. The van der Waals surface area contributed by atoms with Crippen LogP contribution in [0.25, 0.3) is 0 Å². The first-order valence-corrected chi connectivity index (χ1v) is 8.42. The summed E-state index contributed by atoms with van der Waals surface area (Å²) in [5.41, 5.74) is 1.20. The van der Waals surface area contributed by atoms with Crippen molar-refractivity contribution in [3.8, 4) is 0 Å². The van der Waals surface area contributed by atoms with Gasteiger partial charge in [0.2, 0.25) is 11.7 Å².